The van der Waals surface area contributed by atoms with Crippen molar-refractivity contribution in [2.75, 3.05) is 6.54 Å². The molecule has 0 amide bonds. The molecule has 0 aliphatic heterocycles. The first-order chi connectivity index (χ1) is 12.4. The number of hydrogen-bond acceptors (Lipinski definition) is 5. The quantitative estimate of drug-likeness (QED) is 0.678. The number of aromatic nitrogens is 2. The maximum Gasteiger partial charge on any atom is 0.267 e. The van der Waals surface area contributed by atoms with Crippen molar-refractivity contribution in [2.24, 2.45) is 0 Å². The Morgan fingerprint density at radius 2 is 1.92 bits per heavy atom. The Balaban J connectivity index is 1.78. The van der Waals surface area contributed by atoms with Crippen molar-refractivity contribution in [3.8, 4) is 10.6 Å². The van der Waals surface area contributed by atoms with Gasteiger partial charge in [-0.05, 0) is 48.7 Å². The van der Waals surface area contributed by atoms with Gasteiger partial charge < -0.3 is 0 Å². The van der Waals surface area contributed by atoms with E-state index in [9.17, 15) is 13.2 Å². The van der Waals surface area contributed by atoms with Gasteiger partial charge in [0.05, 0.1) is 15.8 Å². The Kier molecular flexibility index (Phi) is 5.57. The van der Waals surface area contributed by atoms with Gasteiger partial charge in [0, 0.05) is 17.6 Å². The molecular weight excluding hydrogens is 394 g/mol. The lowest BCUT2D eigenvalue weighted by molar-refractivity contribution is 0.459. The van der Waals surface area contributed by atoms with E-state index >= 15 is 0 Å². The normalized spacial score (nSPS) is 12.8. The molecule has 9 heteroatoms. The van der Waals surface area contributed by atoms with Gasteiger partial charge in [-0.3, -0.25) is 4.79 Å². The molecule has 0 saturated carbocycles. The maximum absolute atomic E-state index is 12.4. The Labute approximate surface area is 160 Å². The highest BCUT2D eigenvalue weighted by Crippen LogP contribution is 2.21. The smallest absolute Gasteiger partial charge is 0.267 e. The molecule has 26 heavy (non-hydrogen) atoms. The fraction of sp³-hybridized carbons (Fsp3) is 0.176. The summed E-state index contributed by atoms with van der Waals surface area (Å²) >= 11 is 7.30. The summed E-state index contributed by atoms with van der Waals surface area (Å²) in [7, 11) is -3.70. The van der Waals surface area contributed by atoms with Crippen LogP contribution in [0.2, 0.25) is 5.02 Å². The standard InChI is InChI=1S/C17H16ClN3O3S2/c1-12(11-19-26(23,24)14-6-4-13(18)5-7-14)21-17(22)9-8-15(20-21)16-3-2-10-25-16/h2-10,12,19H,11H2,1H3. The lowest BCUT2D eigenvalue weighted by Gasteiger charge is -2.15. The molecule has 2 aromatic heterocycles. The van der Waals surface area contributed by atoms with Gasteiger partial charge in [-0.15, -0.1) is 11.3 Å². The molecule has 0 fully saturated rings. The van der Waals surface area contributed by atoms with Crippen LogP contribution in [0.1, 0.15) is 13.0 Å². The lowest BCUT2D eigenvalue weighted by Crippen LogP contribution is -2.34. The van der Waals surface area contributed by atoms with Crippen molar-refractivity contribution < 1.29 is 8.42 Å². The molecule has 0 saturated heterocycles. The third kappa shape index (κ3) is 4.21. The van der Waals surface area contributed by atoms with Crippen LogP contribution in [0.5, 0.6) is 0 Å². The van der Waals surface area contributed by atoms with Gasteiger partial charge in [0.15, 0.2) is 0 Å². The summed E-state index contributed by atoms with van der Waals surface area (Å²) in [6, 6.07) is 12.3. The minimum atomic E-state index is -3.70. The Bertz CT molecular complexity index is 1050. The van der Waals surface area contributed by atoms with E-state index in [0.29, 0.717) is 10.7 Å². The van der Waals surface area contributed by atoms with Crippen LogP contribution in [0.25, 0.3) is 10.6 Å². The molecule has 0 aliphatic carbocycles. The summed E-state index contributed by atoms with van der Waals surface area (Å²) in [6.45, 7) is 1.77. The molecule has 2 heterocycles. The van der Waals surface area contributed by atoms with Gasteiger partial charge in [-0.1, -0.05) is 17.7 Å². The monoisotopic (exact) mass is 409 g/mol. The first-order valence-electron chi connectivity index (χ1n) is 7.76. The van der Waals surface area contributed by atoms with Crippen LogP contribution in [-0.2, 0) is 10.0 Å². The fourth-order valence-corrected chi connectivity index (χ4v) is 4.25. The zero-order valence-electron chi connectivity index (χ0n) is 13.8. The van der Waals surface area contributed by atoms with Crippen LogP contribution in [0.4, 0.5) is 0 Å². The summed E-state index contributed by atoms with van der Waals surface area (Å²) in [6.07, 6.45) is 0. The van der Waals surface area contributed by atoms with E-state index in [1.165, 1.54) is 46.4 Å². The fourth-order valence-electron chi connectivity index (χ4n) is 2.31. The predicted octanol–water partition coefficient (Wildman–Crippen LogP) is 3.16. The Hall–Kier alpha value is -2.00. The molecule has 3 rings (SSSR count). The molecule has 0 bridgehead atoms. The molecule has 1 atom stereocenters. The first kappa shape index (κ1) is 18.8. The van der Waals surface area contributed by atoms with Crippen molar-refractivity contribution in [1.82, 2.24) is 14.5 Å². The second-order valence-corrected chi connectivity index (χ2v) is 8.78. The number of nitrogens with one attached hydrogen (secondary N) is 1. The topological polar surface area (TPSA) is 81.1 Å². The molecule has 1 N–H and O–H groups in total. The third-order valence-corrected chi connectivity index (χ3v) is 6.29. The highest BCUT2D eigenvalue weighted by atomic mass is 35.5. The van der Waals surface area contributed by atoms with E-state index in [2.05, 4.69) is 9.82 Å². The zero-order chi connectivity index (χ0) is 18.7. The number of nitrogens with zero attached hydrogens (tertiary/aromatic N) is 2. The molecule has 3 aromatic rings. The highest BCUT2D eigenvalue weighted by molar-refractivity contribution is 7.89. The van der Waals surface area contributed by atoms with Gasteiger partial charge in [0.2, 0.25) is 10.0 Å². The summed E-state index contributed by atoms with van der Waals surface area (Å²) < 4.78 is 28.5. The predicted molar refractivity (Wildman–Crippen MR) is 103 cm³/mol. The second-order valence-electron chi connectivity index (χ2n) is 5.63. The van der Waals surface area contributed by atoms with Crippen molar-refractivity contribution in [1.29, 1.82) is 0 Å². The average molecular weight is 410 g/mol. The van der Waals surface area contributed by atoms with E-state index in [-0.39, 0.29) is 17.0 Å². The van der Waals surface area contributed by atoms with Crippen molar-refractivity contribution in [3.63, 3.8) is 0 Å². The van der Waals surface area contributed by atoms with Crippen molar-refractivity contribution in [2.45, 2.75) is 17.9 Å². The maximum atomic E-state index is 12.4. The van der Waals surface area contributed by atoms with E-state index in [4.69, 9.17) is 11.6 Å². The van der Waals surface area contributed by atoms with Crippen molar-refractivity contribution in [3.05, 3.63) is 69.3 Å². The van der Waals surface area contributed by atoms with Crippen LogP contribution in [0.15, 0.2) is 63.6 Å². The van der Waals surface area contributed by atoms with Gasteiger partial charge in [-0.2, -0.15) is 5.10 Å². The van der Waals surface area contributed by atoms with E-state index in [1.54, 1.807) is 13.0 Å². The van der Waals surface area contributed by atoms with Crippen LogP contribution in [-0.4, -0.2) is 24.7 Å². The zero-order valence-corrected chi connectivity index (χ0v) is 16.2. The molecule has 0 spiro atoms. The van der Waals surface area contributed by atoms with E-state index in [1.807, 2.05) is 17.5 Å². The Morgan fingerprint density at radius 1 is 1.19 bits per heavy atom. The molecule has 1 unspecified atom stereocenters. The van der Waals surface area contributed by atoms with E-state index < -0.39 is 16.1 Å². The summed E-state index contributed by atoms with van der Waals surface area (Å²) in [5.74, 6) is 0. The molecule has 6 nitrogen and oxygen atoms in total. The SMILES string of the molecule is CC(CNS(=O)(=O)c1ccc(Cl)cc1)n1nc(-c2cccs2)ccc1=O. The molecular formula is C17H16ClN3O3S2. The van der Waals surface area contributed by atoms with Gasteiger partial charge in [-0.25, -0.2) is 17.8 Å². The number of thiophene rings is 1. The summed E-state index contributed by atoms with van der Waals surface area (Å²) in [5.41, 5.74) is 0.385. The van der Waals surface area contributed by atoms with Gasteiger partial charge in [0.25, 0.3) is 5.56 Å². The summed E-state index contributed by atoms with van der Waals surface area (Å²) in [5, 5.41) is 6.75. The lowest BCUT2D eigenvalue weighted by atomic mass is 10.3. The molecule has 136 valence electrons. The number of benzene rings is 1. The minimum Gasteiger partial charge on any atom is -0.268 e. The van der Waals surface area contributed by atoms with Crippen LogP contribution >= 0.6 is 22.9 Å². The third-order valence-electron chi connectivity index (χ3n) is 3.71. The number of halogens is 1. The van der Waals surface area contributed by atoms with Crippen LogP contribution in [0, 0.1) is 0 Å². The largest absolute Gasteiger partial charge is 0.268 e. The van der Waals surface area contributed by atoms with Gasteiger partial charge >= 0.3 is 0 Å². The second kappa shape index (κ2) is 7.71. The highest BCUT2D eigenvalue weighted by Gasteiger charge is 2.17. The van der Waals surface area contributed by atoms with Gasteiger partial charge in [0.1, 0.15) is 5.69 Å². The number of hydrogen-bond donors (Lipinski definition) is 1. The van der Waals surface area contributed by atoms with E-state index in [0.717, 1.165) is 4.88 Å². The van der Waals surface area contributed by atoms with Crippen LogP contribution in [0.3, 0.4) is 0 Å². The van der Waals surface area contributed by atoms with Crippen molar-refractivity contribution >= 4 is 33.0 Å². The average Bonchev–Trinajstić information content (AvgIpc) is 3.15. The molecule has 0 aliphatic rings. The number of rotatable bonds is 6. The molecule has 0 radical (unpaired) electrons. The minimum absolute atomic E-state index is 0.0335. The summed E-state index contributed by atoms with van der Waals surface area (Å²) in [4.78, 5) is 13.2. The first-order valence-corrected chi connectivity index (χ1v) is 10.5. The Morgan fingerprint density at radius 3 is 2.58 bits per heavy atom. The van der Waals surface area contributed by atoms with Crippen LogP contribution < -0.4 is 10.3 Å². The number of sulfonamides is 1. The molecule has 1 aromatic carbocycles.